The maximum absolute atomic E-state index is 13.8. The molecule has 1 aromatic rings. The van der Waals surface area contributed by atoms with Crippen LogP contribution in [0.4, 0.5) is 22.0 Å². The molecule has 0 aromatic heterocycles. The van der Waals surface area contributed by atoms with Gasteiger partial charge in [0.2, 0.25) is 5.82 Å². The first-order valence-corrected chi connectivity index (χ1v) is 5.51. The van der Waals surface area contributed by atoms with Crippen molar-refractivity contribution in [2.75, 3.05) is 6.61 Å². The van der Waals surface area contributed by atoms with Crippen LogP contribution in [0.2, 0.25) is 0 Å². The first kappa shape index (κ1) is 14.5. The van der Waals surface area contributed by atoms with Gasteiger partial charge in [-0.25, -0.2) is 22.0 Å². The van der Waals surface area contributed by atoms with Crippen LogP contribution in [-0.2, 0) is 10.3 Å². The lowest BCUT2D eigenvalue weighted by Crippen LogP contribution is -2.28. The number of rotatable bonds is 1. The van der Waals surface area contributed by atoms with Crippen molar-refractivity contribution in [3.05, 3.63) is 45.8 Å². The minimum absolute atomic E-state index is 0.0939. The summed E-state index contributed by atoms with van der Waals surface area (Å²) in [6.45, 7) is 2.26. The molecule has 1 heterocycles. The van der Waals surface area contributed by atoms with E-state index >= 15 is 0 Å². The highest BCUT2D eigenvalue weighted by molar-refractivity contribution is 5.44. The molecule has 0 bridgehead atoms. The fraction of sp³-hybridized carbons (Fsp3) is 0.308. The van der Waals surface area contributed by atoms with E-state index in [4.69, 9.17) is 10.00 Å². The number of nitriles is 1. The standard InChI is InChI=1S/C13H8F5NO/c1-5-6(3-19)4-20-13(5,2)7-8(14)10(16)12(18)11(17)9(7)15/h4H2,1-2H3. The largest absolute Gasteiger partial charge is 0.360 e. The highest BCUT2D eigenvalue weighted by atomic mass is 19.2. The van der Waals surface area contributed by atoms with E-state index in [0.717, 1.165) is 6.92 Å². The summed E-state index contributed by atoms with van der Waals surface area (Å²) in [5.41, 5.74) is -2.74. The predicted molar refractivity (Wildman–Crippen MR) is 57.8 cm³/mol. The van der Waals surface area contributed by atoms with E-state index in [1.54, 1.807) is 6.07 Å². The van der Waals surface area contributed by atoms with Crippen LogP contribution in [0.15, 0.2) is 11.1 Å². The minimum atomic E-state index is -2.23. The van der Waals surface area contributed by atoms with Crippen LogP contribution in [-0.4, -0.2) is 6.61 Å². The van der Waals surface area contributed by atoms with Gasteiger partial charge in [0.15, 0.2) is 23.3 Å². The van der Waals surface area contributed by atoms with Gasteiger partial charge in [-0.05, 0) is 19.4 Å². The third-order valence-corrected chi connectivity index (χ3v) is 3.50. The van der Waals surface area contributed by atoms with Crippen molar-refractivity contribution in [1.29, 1.82) is 5.26 Å². The van der Waals surface area contributed by atoms with E-state index in [0.29, 0.717) is 0 Å². The van der Waals surface area contributed by atoms with Crippen molar-refractivity contribution in [2.45, 2.75) is 19.4 Å². The Bertz CT molecular complexity index is 647. The van der Waals surface area contributed by atoms with Crippen molar-refractivity contribution >= 4 is 0 Å². The lowest BCUT2D eigenvalue weighted by atomic mass is 9.87. The molecule has 0 spiro atoms. The van der Waals surface area contributed by atoms with Gasteiger partial charge in [0, 0.05) is 0 Å². The van der Waals surface area contributed by atoms with Crippen LogP contribution in [0, 0.1) is 40.4 Å². The molecule has 7 heteroatoms. The molecular formula is C13H8F5NO. The third-order valence-electron chi connectivity index (χ3n) is 3.50. The van der Waals surface area contributed by atoms with E-state index in [9.17, 15) is 22.0 Å². The molecule has 1 aliphatic heterocycles. The Labute approximate surface area is 111 Å². The van der Waals surface area contributed by atoms with Gasteiger partial charge < -0.3 is 4.74 Å². The summed E-state index contributed by atoms with van der Waals surface area (Å²) in [5.74, 6) is -10.2. The van der Waals surface area contributed by atoms with Crippen LogP contribution < -0.4 is 0 Å². The molecule has 0 aliphatic carbocycles. The van der Waals surface area contributed by atoms with Gasteiger partial charge in [-0.1, -0.05) is 0 Å². The maximum atomic E-state index is 13.8. The molecule has 0 N–H and O–H groups in total. The van der Waals surface area contributed by atoms with Gasteiger partial charge in [-0.15, -0.1) is 0 Å². The average Bonchev–Trinajstić information content (AvgIpc) is 2.71. The highest BCUT2D eigenvalue weighted by Gasteiger charge is 2.44. The van der Waals surface area contributed by atoms with Crippen LogP contribution in [0.1, 0.15) is 19.4 Å². The topological polar surface area (TPSA) is 33.0 Å². The number of ether oxygens (including phenoxy) is 1. The SMILES string of the molecule is CC1=C(C#N)COC1(C)c1c(F)c(F)c(F)c(F)c1F. The Morgan fingerprint density at radius 1 is 1.00 bits per heavy atom. The highest BCUT2D eigenvalue weighted by Crippen LogP contribution is 2.43. The quantitative estimate of drug-likeness (QED) is 0.450. The average molecular weight is 289 g/mol. The zero-order chi connectivity index (χ0) is 15.2. The third kappa shape index (κ3) is 1.72. The minimum Gasteiger partial charge on any atom is -0.360 e. The van der Waals surface area contributed by atoms with E-state index in [1.165, 1.54) is 6.92 Å². The van der Waals surface area contributed by atoms with Crippen molar-refractivity contribution in [2.24, 2.45) is 0 Å². The molecule has 0 radical (unpaired) electrons. The summed E-state index contributed by atoms with van der Waals surface area (Å²) >= 11 is 0. The number of hydrogen-bond acceptors (Lipinski definition) is 2. The molecule has 2 rings (SSSR count). The molecule has 1 unspecified atom stereocenters. The molecule has 2 nitrogen and oxygen atoms in total. The molecule has 0 saturated heterocycles. The summed E-state index contributed by atoms with van der Waals surface area (Å²) < 4.78 is 72.2. The monoisotopic (exact) mass is 289 g/mol. The van der Waals surface area contributed by atoms with Crippen molar-refractivity contribution in [3.8, 4) is 6.07 Å². The van der Waals surface area contributed by atoms with Gasteiger partial charge >= 0.3 is 0 Å². The first-order valence-electron chi connectivity index (χ1n) is 5.51. The summed E-state index contributed by atoms with van der Waals surface area (Å²) in [4.78, 5) is 0. The first-order chi connectivity index (χ1) is 9.25. The fourth-order valence-corrected chi connectivity index (χ4v) is 2.12. The fourth-order valence-electron chi connectivity index (χ4n) is 2.12. The second-order valence-electron chi connectivity index (χ2n) is 4.48. The maximum Gasteiger partial charge on any atom is 0.200 e. The Balaban J connectivity index is 2.79. The molecule has 0 fully saturated rings. The van der Waals surface area contributed by atoms with Gasteiger partial charge in [0.25, 0.3) is 0 Å². The van der Waals surface area contributed by atoms with E-state index in [1.807, 2.05) is 0 Å². The molecule has 1 aromatic carbocycles. The lowest BCUT2D eigenvalue weighted by Gasteiger charge is -2.27. The predicted octanol–water partition coefficient (Wildman–Crippen LogP) is 3.47. The second kappa shape index (κ2) is 4.56. The summed E-state index contributed by atoms with van der Waals surface area (Å²) in [6, 6.07) is 1.77. The van der Waals surface area contributed by atoms with Gasteiger partial charge in [-0.2, -0.15) is 5.26 Å². The van der Waals surface area contributed by atoms with Gasteiger partial charge in [0.1, 0.15) is 5.60 Å². The Hall–Kier alpha value is -1.94. The summed E-state index contributed by atoms with van der Waals surface area (Å²) in [7, 11) is 0. The zero-order valence-corrected chi connectivity index (χ0v) is 10.5. The molecule has 0 amide bonds. The molecule has 1 atom stereocenters. The number of hydrogen-bond donors (Lipinski definition) is 0. The Morgan fingerprint density at radius 3 is 1.85 bits per heavy atom. The summed E-state index contributed by atoms with van der Waals surface area (Å²) in [5, 5.41) is 8.82. The molecule has 0 saturated carbocycles. The van der Waals surface area contributed by atoms with Crippen LogP contribution >= 0.6 is 0 Å². The Kier molecular flexibility index (Phi) is 3.30. The molecule has 106 valence electrons. The normalized spacial score (nSPS) is 22.3. The second-order valence-corrected chi connectivity index (χ2v) is 4.48. The molecule has 1 aliphatic rings. The lowest BCUT2D eigenvalue weighted by molar-refractivity contribution is 0.0228. The van der Waals surface area contributed by atoms with Crippen molar-refractivity contribution in [1.82, 2.24) is 0 Å². The number of halogens is 5. The molecule has 20 heavy (non-hydrogen) atoms. The van der Waals surface area contributed by atoms with Crippen LogP contribution in [0.5, 0.6) is 0 Å². The zero-order valence-electron chi connectivity index (χ0n) is 10.5. The molecular weight excluding hydrogens is 281 g/mol. The van der Waals surface area contributed by atoms with Crippen molar-refractivity contribution < 1.29 is 26.7 Å². The number of nitrogens with zero attached hydrogens (tertiary/aromatic N) is 1. The van der Waals surface area contributed by atoms with Crippen molar-refractivity contribution in [3.63, 3.8) is 0 Å². The van der Waals surface area contributed by atoms with E-state index in [-0.39, 0.29) is 17.8 Å². The van der Waals surface area contributed by atoms with Gasteiger partial charge in [-0.3, -0.25) is 0 Å². The van der Waals surface area contributed by atoms with Crippen LogP contribution in [0.25, 0.3) is 0 Å². The number of benzene rings is 1. The smallest absolute Gasteiger partial charge is 0.200 e. The van der Waals surface area contributed by atoms with Gasteiger partial charge in [0.05, 0.1) is 23.8 Å². The van der Waals surface area contributed by atoms with E-state index in [2.05, 4.69) is 0 Å². The van der Waals surface area contributed by atoms with Crippen LogP contribution in [0.3, 0.4) is 0 Å². The van der Waals surface area contributed by atoms with E-state index < -0.39 is 40.3 Å². The summed E-state index contributed by atoms with van der Waals surface area (Å²) in [6.07, 6.45) is 0. The Morgan fingerprint density at radius 2 is 1.45 bits per heavy atom.